The lowest BCUT2D eigenvalue weighted by Crippen LogP contribution is -2.30. The zero-order valence-corrected chi connectivity index (χ0v) is 13.2. The summed E-state index contributed by atoms with van der Waals surface area (Å²) in [6.07, 6.45) is 0.251. The standard InChI is InChI=1S/C15H16FN3O3S/c1-9-12(8-10-4-2-3-5-11(10)16)23-15(18-9)19-14(22)17-7-6-13(20)21/h2-5H,6-8H2,1H3,(H,20,21)(H2,17,18,19,22). The molecule has 0 radical (unpaired) electrons. The van der Waals surface area contributed by atoms with Crippen molar-refractivity contribution in [2.75, 3.05) is 11.9 Å². The van der Waals surface area contributed by atoms with Crippen molar-refractivity contribution in [3.05, 3.63) is 46.2 Å². The van der Waals surface area contributed by atoms with E-state index in [9.17, 15) is 14.0 Å². The van der Waals surface area contributed by atoms with Crippen LogP contribution in [0.15, 0.2) is 24.3 Å². The quantitative estimate of drug-likeness (QED) is 0.756. The first kappa shape index (κ1) is 16.9. The third-order valence-electron chi connectivity index (χ3n) is 3.05. The lowest BCUT2D eigenvalue weighted by molar-refractivity contribution is -0.136. The van der Waals surface area contributed by atoms with E-state index < -0.39 is 12.0 Å². The molecule has 0 spiro atoms. The molecule has 0 saturated heterocycles. The number of aromatic nitrogens is 1. The highest BCUT2D eigenvalue weighted by molar-refractivity contribution is 7.15. The molecular formula is C15H16FN3O3S. The van der Waals surface area contributed by atoms with E-state index >= 15 is 0 Å². The molecule has 2 aromatic rings. The Morgan fingerprint density at radius 1 is 1.35 bits per heavy atom. The number of nitrogens with zero attached hydrogens (tertiary/aromatic N) is 1. The number of benzene rings is 1. The zero-order chi connectivity index (χ0) is 16.8. The largest absolute Gasteiger partial charge is 0.481 e. The van der Waals surface area contributed by atoms with Crippen LogP contribution in [0, 0.1) is 12.7 Å². The molecule has 0 aliphatic rings. The van der Waals surface area contributed by atoms with Crippen LogP contribution in [-0.2, 0) is 11.2 Å². The molecule has 3 N–H and O–H groups in total. The Morgan fingerprint density at radius 2 is 2.09 bits per heavy atom. The number of carboxylic acids is 1. The highest BCUT2D eigenvalue weighted by Gasteiger charge is 2.12. The van der Waals surface area contributed by atoms with Gasteiger partial charge in [-0.05, 0) is 18.6 Å². The molecule has 1 aromatic carbocycles. The lowest BCUT2D eigenvalue weighted by Gasteiger charge is -2.03. The topological polar surface area (TPSA) is 91.3 Å². The molecule has 6 nitrogen and oxygen atoms in total. The predicted octanol–water partition coefficient (Wildman–Crippen LogP) is 2.78. The van der Waals surface area contributed by atoms with Gasteiger partial charge in [-0.25, -0.2) is 14.2 Å². The summed E-state index contributed by atoms with van der Waals surface area (Å²) < 4.78 is 13.7. The molecule has 1 aromatic heterocycles. The van der Waals surface area contributed by atoms with Crippen molar-refractivity contribution in [2.24, 2.45) is 0 Å². The second-order valence-electron chi connectivity index (χ2n) is 4.82. The van der Waals surface area contributed by atoms with Crippen LogP contribution >= 0.6 is 11.3 Å². The first-order chi connectivity index (χ1) is 11.0. The molecular weight excluding hydrogens is 321 g/mol. The number of carbonyl (C=O) groups is 2. The summed E-state index contributed by atoms with van der Waals surface area (Å²) in [6.45, 7) is 1.83. The number of aliphatic carboxylic acids is 1. The van der Waals surface area contributed by atoms with Crippen LogP contribution < -0.4 is 10.6 Å². The van der Waals surface area contributed by atoms with Gasteiger partial charge in [-0.2, -0.15) is 0 Å². The van der Waals surface area contributed by atoms with E-state index in [1.165, 1.54) is 17.4 Å². The van der Waals surface area contributed by atoms with Gasteiger partial charge >= 0.3 is 12.0 Å². The van der Waals surface area contributed by atoms with E-state index in [2.05, 4.69) is 15.6 Å². The third-order valence-corrected chi connectivity index (χ3v) is 4.12. The van der Waals surface area contributed by atoms with Crippen molar-refractivity contribution in [3.8, 4) is 0 Å². The molecule has 122 valence electrons. The summed E-state index contributed by atoms with van der Waals surface area (Å²) in [5.41, 5.74) is 1.29. The summed E-state index contributed by atoms with van der Waals surface area (Å²) in [4.78, 5) is 27.1. The Kier molecular flexibility index (Phi) is 5.64. The van der Waals surface area contributed by atoms with Crippen molar-refractivity contribution in [1.82, 2.24) is 10.3 Å². The van der Waals surface area contributed by atoms with E-state index in [-0.39, 0.29) is 18.8 Å². The van der Waals surface area contributed by atoms with Gasteiger partial charge in [0.15, 0.2) is 5.13 Å². The SMILES string of the molecule is Cc1nc(NC(=O)NCCC(=O)O)sc1Cc1ccccc1F. The monoisotopic (exact) mass is 337 g/mol. The number of hydrogen-bond donors (Lipinski definition) is 3. The number of anilines is 1. The fraction of sp³-hybridized carbons (Fsp3) is 0.267. The van der Waals surface area contributed by atoms with Crippen molar-refractivity contribution < 1.29 is 19.1 Å². The Bertz CT molecular complexity index is 718. The summed E-state index contributed by atoms with van der Waals surface area (Å²) in [5.74, 6) is -1.26. The van der Waals surface area contributed by atoms with Crippen molar-refractivity contribution in [2.45, 2.75) is 19.8 Å². The van der Waals surface area contributed by atoms with E-state index in [4.69, 9.17) is 5.11 Å². The minimum atomic E-state index is -0.984. The maximum atomic E-state index is 13.7. The van der Waals surface area contributed by atoms with Gasteiger partial charge in [0, 0.05) is 17.8 Å². The maximum Gasteiger partial charge on any atom is 0.321 e. The van der Waals surface area contributed by atoms with Crippen molar-refractivity contribution >= 4 is 28.5 Å². The molecule has 0 bridgehead atoms. The van der Waals surface area contributed by atoms with E-state index in [0.717, 1.165) is 10.6 Å². The van der Waals surface area contributed by atoms with Gasteiger partial charge in [0.2, 0.25) is 0 Å². The molecule has 8 heteroatoms. The molecule has 0 saturated carbocycles. The molecule has 1 heterocycles. The normalized spacial score (nSPS) is 10.3. The Hall–Kier alpha value is -2.48. The van der Waals surface area contributed by atoms with Crippen molar-refractivity contribution in [1.29, 1.82) is 0 Å². The molecule has 0 aliphatic heterocycles. The number of nitrogens with one attached hydrogen (secondary N) is 2. The van der Waals surface area contributed by atoms with Crippen molar-refractivity contribution in [3.63, 3.8) is 0 Å². The molecule has 0 fully saturated rings. The Balaban J connectivity index is 1.97. The van der Waals surface area contributed by atoms with Gasteiger partial charge in [0.05, 0.1) is 12.1 Å². The first-order valence-electron chi connectivity index (χ1n) is 6.92. The van der Waals surface area contributed by atoms with Crippen LogP contribution in [-0.4, -0.2) is 28.6 Å². The van der Waals surface area contributed by atoms with Crippen LogP contribution in [0.2, 0.25) is 0 Å². The number of aryl methyl sites for hydroxylation is 1. The predicted molar refractivity (Wildman–Crippen MR) is 85.3 cm³/mol. The van der Waals surface area contributed by atoms with E-state index in [1.807, 2.05) is 0 Å². The number of hydrogen-bond acceptors (Lipinski definition) is 4. The van der Waals surface area contributed by atoms with Gasteiger partial charge in [0.1, 0.15) is 5.82 Å². The van der Waals surface area contributed by atoms with E-state index in [0.29, 0.717) is 17.1 Å². The number of carboxylic acid groups (broad SMARTS) is 1. The third kappa shape index (κ3) is 5.03. The maximum absolute atomic E-state index is 13.7. The number of halogens is 1. The van der Waals surface area contributed by atoms with Gasteiger partial charge in [-0.15, -0.1) is 11.3 Å². The number of amides is 2. The van der Waals surface area contributed by atoms with Gasteiger partial charge < -0.3 is 10.4 Å². The molecule has 0 aliphatic carbocycles. The Labute approximate surface area is 136 Å². The summed E-state index contributed by atoms with van der Waals surface area (Å²) in [5, 5.41) is 13.9. The van der Waals surface area contributed by atoms with Crippen LogP contribution in [0.3, 0.4) is 0 Å². The fourth-order valence-corrected chi connectivity index (χ4v) is 2.87. The zero-order valence-electron chi connectivity index (χ0n) is 12.4. The molecule has 2 rings (SSSR count). The molecule has 0 atom stereocenters. The molecule has 2 amide bonds. The minimum Gasteiger partial charge on any atom is -0.481 e. The smallest absolute Gasteiger partial charge is 0.321 e. The first-order valence-corrected chi connectivity index (χ1v) is 7.73. The fourth-order valence-electron chi connectivity index (χ4n) is 1.88. The van der Waals surface area contributed by atoms with Crippen LogP contribution in [0.1, 0.15) is 22.6 Å². The number of urea groups is 1. The lowest BCUT2D eigenvalue weighted by atomic mass is 10.1. The van der Waals surface area contributed by atoms with Gasteiger partial charge in [-0.1, -0.05) is 18.2 Å². The average Bonchev–Trinajstić information content (AvgIpc) is 2.80. The number of rotatable bonds is 6. The second kappa shape index (κ2) is 7.68. The Morgan fingerprint density at radius 3 is 2.78 bits per heavy atom. The summed E-state index contributed by atoms with van der Waals surface area (Å²) >= 11 is 1.27. The number of thiazole rings is 1. The van der Waals surface area contributed by atoms with Crippen LogP contribution in [0.5, 0.6) is 0 Å². The summed E-state index contributed by atoms with van der Waals surface area (Å²) in [6, 6.07) is 6.00. The number of carbonyl (C=O) groups excluding carboxylic acids is 1. The second-order valence-corrected chi connectivity index (χ2v) is 5.90. The minimum absolute atomic E-state index is 0.0353. The van der Waals surface area contributed by atoms with Crippen LogP contribution in [0.4, 0.5) is 14.3 Å². The molecule has 23 heavy (non-hydrogen) atoms. The average molecular weight is 337 g/mol. The molecule has 0 unspecified atom stereocenters. The highest BCUT2D eigenvalue weighted by Crippen LogP contribution is 2.25. The van der Waals surface area contributed by atoms with Crippen LogP contribution in [0.25, 0.3) is 0 Å². The van der Waals surface area contributed by atoms with Gasteiger partial charge in [-0.3, -0.25) is 10.1 Å². The highest BCUT2D eigenvalue weighted by atomic mass is 32.1. The summed E-state index contributed by atoms with van der Waals surface area (Å²) in [7, 11) is 0. The van der Waals surface area contributed by atoms with E-state index in [1.54, 1.807) is 25.1 Å². The van der Waals surface area contributed by atoms with Gasteiger partial charge in [0.25, 0.3) is 0 Å².